The average molecular weight is 297 g/mol. The average Bonchev–Trinajstić information content (AvgIpc) is 2.81. The van der Waals surface area contributed by atoms with Gasteiger partial charge in [-0.15, -0.1) is 11.3 Å². The fourth-order valence-electron chi connectivity index (χ4n) is 2.41. The maximum atomic E-state index is 12.1. The van der Waals surface area contributed by atoms with Crippen molar-refractivity contribution in [2.24, 2.45) is 5.92 Å². The number of piperidine rings is 1. The Balaban J connectivity index is 1.81. The molecule has 0 aromatic carbocycles. The highest BCUT2D eigenvalue weighted by molar-refractivity contribution is 7.09. The van der Waals surface area contributed by atoms with Crippen molar-refractivity contribution in [2.45, 2.75) is 32.7 Å². The van der Waals surface area contributed by atoms with Gasteiger partial charge in [-0.3, -0.25) is 4.79 Å². The predicted molar refractivity (Wildman–Crippen MR) is 75.6 cm³/mol. The number of nitrogens with one attached hydrogen (secondary N) is 1. The van der Waals surface area contributed by atoms with Crippen molar-refractivity contribution >= 4 is 23.3 Å². The summed E-state index contributed by atoms with van der Waals surface area (Å²) < 4.78 is 0. The first-order valence-corrected chi connectivity index (χ1v) is 7.58. The molecule has 1 unspecified atom stereocenters. The second kappa shape index (κ2) is 6.69. The van der Waals surface area contributed by atoms with E-state index in [1.54, 1.807) is 4.90 Å². The summed E-state index contributed by atoms with van der Waals surface area (Å²) in [6.07, 6.45) is 1.87. The van der Waals surface area contributed by atoms with E-state index >= 15 is 0 Å². The maximum absolute atomic E-state index is 12.1. The van der Waals surface area contributed by atoms with Crippen LogP contribution < -0.4 is 5.32 Å². The number of urea groups is 1. The lowest BCUT2D eigenvalue weighted by molar-refractivity contribution is -0.138. The Morgan fingerprint density at radius 1 is 1.60 bits per heavy atom. The lowest BCUT2D eigenvalue weighted by Crippen LogP contribution is -2.45. The topological polar surface area (TPSA) is 82.5 Å². The van der Waals surface area contributed by atoms with E-state index in [4.69, 9.17) is 5.11 Å². The van der Waals surface area contributed by atoms with E-state index in [0.29, 0.717) is 19.6 Å². The van der Waals surface area contributed by atoms with Gasteiger partial charge in [0.15, 0.2) is 0 Å². The molecule has 7 heteroatoms. The molecule has 0 aliphatic carbocycles. The number of aromatic nitrogens is 1. The molecule has 0 saturated carbocycles. The van der Waals surface area contributed by atoms with Gasteiger partial charge < -0.3 is 15.3 Å². The van der Waals surface area contributed by atoms with Crippen LogP contribution in [0, 0.1) is 12.8 Å². The SMILES string of the molecule is Cc1csc(CNC(=O)N2CCCC(CC(=O)O)C2)n1. The number of nitrogens with zero attached hydrogens (tertiary/aromatic N) is 2. The van der Waals surface area contributed by atoms with Gasteiger partial charge in [-0.25, -0.2) is 9.78 Å². The molecule has 1 fully saturated rings. The van der Waals surface area contributed by atoms with Crippen LogP contribution in [0.3, 0.4) is 0 Å². The fraction of sp³-hybridized carbons (Fsp3) is 0.615. The first-order valence-electron chi connectivity index (χ1n) is 6.70. The minimum atomic E-state index is -0.796. The third-order valence-electron chi connectivity index (χ3n) is 3.33. The summed E-state index contributed by atoms with van der Waals surface area (Å²) in [6.45, 7) is 3.56. The molecular formula is C13H19N3O3S. The monoisotopic (exact) mass is 297 g/mol. The molecule has 2 heterocycles. The zero-order chi connectivity index (χ0) is 14.5. The summed E-state index contributed by atoms with van der Waals surface area (Å²) in [4.78, 5) is 28.8. The summed E-state index contributed by atoms with van der Waals surface area (Å²) in [5.74, 6) is -0.732. The Morgan fingerprint density at radius 2 is 2.40 bits per heavy atom. The highest BCUT2D eigenvalue weighted by atomic mass is 32.1. The molecule has 110 valence electrons. The van der Waals surface area contributed by atoms with Gasteiger partial charge in [0.25, 0.3) is 0 Å². The highest BCUT2D eigenvalue weighted by Crippen LogP contribution is 2.19. The number of aliphatic carboxylic acids is 1. The molecule has 1 saturated heterocycles. The number of rotatable bonds is 4. The van der Waals surface area contributed by atoms with Crippen molar-refractivity contribution in [3.63, 3.8) is 0 Å². The number of carbonyl (C=O) groups excluding carboxylic acids is 1. The number of hydrogen-bond donors (Lipinski definition) is 2. The van der Waals surface area contributed by atoms with E-state index < -0.39 is 5.97 Å². The molecule has 20 heavy (non-hydrogen) atoms. The summed E-state index contributed by atoms with van der Waals surface area (Å²) >= 11 is 1.53. The van der Waals surface area contributed by atoms with Crippen LogP contribution in [0.5, 0.6) is 0 Å². The summed E-state index contributed by atoms with van der Waals surface area (Å²) in [5.41, 5.74) is 0.957. The third kappa shape index (κ3) is 4.19. The Labute approximate surface area is 121 Å². The van der Waals surface area contributed by atoms with Gasteiger partial charge in [-0.05, 0) is 25.7 Å². The lowest BCUT2D eigenvalue weighted by Gasteiger charge is -2.32. The van der Waals surface area contributed by atoms with Gasteiger partial charge in [-0.1, -0.05) is 0 Å². The largest absolute Gasteiger partial charge is 0.481 e. The first kappa shape index (κ1) is 14.8. The number of aryl methyl sites for hydroxylation is 1. The van der Waals surface area contributed by atoms with Crippen molar-refractivity contribution < 1.29 is 14.7 Å². The second-order valence-corrected chi connectivity index (χ2v) is 6.04. The van der Waals surface area contributed by atoms with Crippen LogP contribution in [0.1, 0.15) is 30.0 Å². The van der Waals surface area contributed by atoms with Crippen LogP contribution in [0.2, 0.25) is 0 Å². The lowest BCUT2D eigenvalue weighted by atomic mass is 9.95. The first-order chi connectivity index (χ1) is 9.54. The second-order valence-electron chi connectivity index (χ2n) is 5.09. The summed E-state index contributed by atoms with van der Waals surface area (Å²) in [6, 6.07) is -0.132. The van der Waals surface area contributed by atoms with Gasteiger partial charge >= 0.3 is 12.0 Å². The number of thiazole rings is 1. The van der Waals surface area contributed by atoms with Crippen LogP contribution in [0.4, 0.5) is 4.79 Å². The van der Waals surface area contributed by atoms with Crippen LogP contribution >= 0.6 is 11.3 Å². The number of amides is 2. The Morgan fingerprint density at radius 3 is 3.05 bits per heavy atom. The minimum Gasteiger partial charge on any atom is -0.481 e. The van der Waals surface area contributed by atoms with Gasteiger partial charge in [0.1, 0.15) is 5.01 Å². The van der Waals surface area contributed by atoms with Crippen LogP contribution in [0.15, 0.2) is 5.38 Å². The standard InChI is InChI=1S/C13H19N3O3S/c1-9-8-20-11(15-9)6-14-13(19)16-4-2-3-10(7-16)5-12(17)18/h8,10H,2-7H2,1H3,(H,14,19)(H,17,18). The molecule has 1 aliphatic heterocycles. The molecular weight excluding hydrogens is 278 g/mol. The molecule has 1 atom stereocenters. The Kier molecular flexibility index (Phi) is 4.94. The predicted octanol–water partition coefficient (Wildman–Crippen LogP) is 1.85. The number of carboxylic acids is 1. The van der Waals surface area contributed by atoms with Crippen LogP contribution in [-0.4, -0.2) is 40.1 Å². The van der Waals surface area contributed by atoms with E-state index in [2.05, 4.69) is 10.3 Å². The number of carbonyl (C=O) groups is 2. The summed E-state index contributed by atoms with van der Waals surface area (Å²) in [7, 11) is 0. The summed E-state index contributed by atoms with van der Waals surface area (Å²) in [5, 5.41) is 14.5. The third-order valence-corrected chi connectivity index (χ3v) is 4.29. The molecule has 2 rings (SSSR count). The van der Waals surface area contributed by atoms with Crippen molar-refractivity contribution in [1.29, 1.82) is 0 Å². The van der Waals surface area contributed by atoms with Crippen LogP contribution in [-0.2, 0) is 11.3 Å². The smallest absolute Gasteiger partial charge is 0.317 e. The minimum absolute atomic E-state index is 0.0640. The molecule has 1 aliphatic rings. The maximum Gasteiger partial charge on any atom is 0.317 e. The quantitative estimate of drug-likeness (QED) is 0.888. The number of likely N-dealkylation sites (tertiary alicyclic amines) is 1. The molecule has 2 amide bonds. The molecule has 2 N–H and O–H groups in total. The number of hydrogen-bond acceptors (Lipinski definition) is 4. The molecule has 0 radical (unpaired) electrons. The van der Waals surface area contributed by atoms with Crippen LogP contribution in [0.25, 0.3) is 0 Å². The molecule has 6 nitrogen and oxygen atoms in total. The van der Waals surface area contributed by atoms with E-state index in [1.807, 2.05) is 12.3 Å². The number of carboxylic acid groups (broad SMARTS) is 1. The van der Waals surface area contributed by atoms with E-state index in [-0.39, 0.29) is 18.4 Å². The van der Waals surface area contributed by atoms with Crippen molar-refractivity contribution in [3.05, 3.63) is 16.1 Å². The zero-order valence-corrected chi connectivity index (χ0v) is 12.3. The Bertz CT molecular complexity index is 489. The Hall–Kier alpha value is -1.63. The molecule has 1 aromatic heterocycles. The molecule has 1 aromatic rings. The fourth-order valence-corrected chi connectivity index (χ4v) is 3.12. The van der Waals surface area contributed by atoms with Gasteiger partial charge in [0.2, 0.25) is 0 Å². The van der Waals surface area contributed by atoms with Crippen molar-refractivity contribution in [1.82, 2.24) is 15.2 Å². The van der Waals surface area contributed by atoms with Gasteiger partial charge in [-0.2, -0.15) is 0 Å². The van der Waals surface area contributed by atoms with Crippen molar-refractivity contribution in [2.75, 3.05) is 13.1 Å². The molecule has 0 bridgehead atoms. The molecule has 0 spiro atoms. The van der Waals surface area contributed by atoms with Gasteiger partial charge in [0, 0.05) is 30.6 Å². The van der Waals surface area contributed by atoms with Crippen molar-refractivity contribution in [3.8, 4) is 0 Å². The zero-order valence-electron chi connectivity index (χ0n) is 11.5. The highest BCUT2D eigenvalue weighted by Gasteiger charge is 2.25. The van der Waals surface area contributed by atoms with E-state index in [1.165, 1.54) is 11.3 Å². The normalized spacial score (nSPS) is 18.9. The van der Waals surface area contributed by atoms with E-state index in [0.717, 1.165) is 23.5 Å². The van der Waals surface area contributed by atoms with E-state index in [9.17, 15) is 9.59 Å². The van der Waals surface area contributed by atoms with Gasteiger partial charge in [0.05, 0.1) is 6.54 Å².